The Morgan fingerprint density at radius 2 is 1.84 bits per heavy atom. The third-order valence-corrected chi connectivity index (χ3v) is 3.96. The fourth-order valence-corrected chi connectivity index (χ4v) is 2.54. The van der Waals surface area contributed by atoms with Crippen LogP contribution in [0.4, 0.5) is 5.69 Å². The van der Waals surface area contributed by atoms with E-state index >= 15 is 0 Å². The summed E-state index contributed by atoms with van der Waals surface area (Å²) in [5.74, 6) is -0.341. The zero-order chi connectivity index (χ0) is 17.8. The van der Waals surface area contributed by atoms with Crippen molar-refractivity contribution >= 4 is 17.2 Å². The van der Waals surface area contributed by atoms with Crippen LogP contribution in [0.25, 0.3) is 16.8 Å². The number of aromatic nitrogens is 2. The molecule has 0 amide bonds. The van der Waals surface area contributed by atoms with E-state index in [-0.39, 0.29) is 5.57 Å². The molecule has 0 saturated heterocycles. The molecule has 0 fully saturated rings. The third-order valence-electron chi connectivity index (χ3n) is 3.96. The van der Waals surface area contributed by atoms with Crippen molar-refractivity contribution in [3.8, 4) is 11.3 Å². The molecule has 0 aliphatic heterocycles. The van der Waals surface area contributed by atoms with Crippen LogP contribution in [0.1, 0.15) is 12.2 Å². The minimum Gasteiger partial charge on any atom is -0.478 e. The van der Waals surface area contributed by atoms with Crippen LogP contribution in [0.15, 0.2) is 66.4 Å². The van der Waals surface area contributed by atoms with Crippen LogP contribution in [0, 0.1) is 0 Å². The Bertz CT molecular complexity index is 878. The molecule has 1 heterocycles. The number of allylic oxidation sites excluding steroid dienone is 4. The second-order valence-electron chi connectivity index (χ2n) is 5.90. The Morgan fingerprint density at radius 3 is 2.52 bits per heavy atom. The number of hydrogen-bond acceptors (Lipinski definition) is 4. The Balaban J connectivity index is 1.88. The Kier molecular flexibility index (Phi) is 4.75. The number of nitrogens with zero attached hydrogens (tertiary/aromatic N) is 3. The molecule has 2 aromatic rings. The molecule has 25 heavy (non-hydrogen) atoms. The lowest BCUT2D eigenvalue weighted by molar-refractivity contribution is -0.132. The second kappa shape index (κ2) is 7.13. The van der Waals surface area contributed by atoms with E-state index in [9.17, 15) is 4.79 Å². The first-order valence-corrected chi connectivity index (χ1v) is 7.97. The molecule has 0 radical (unpaired) electrons. The zero-order valence-corrected chi connectivity index (χ0v) is 14.2. The number of aliphatic carboxylic acids is 1. The number of carbonyl (C=O) groups is 1. The smallest absolute Gasteiger partial charge is 0.335 e. The van der Waals surface area contributed by atoms with Gasteiger partial charge in [-0.3, -0.25) is 0 Å². The number of benzene rings is 1. The quantitative estimate of drug-likeness (QED) is 0.926. The largest absolute Gasteiger partial charge is 0.478 e. The lowest BCUT2D eigenvalue weighted by Crippen LogP contribution is -2.08. The molecule has 3 rings (SSSR count). The third kappa shape index (κ3) is 3.83. The van der Waals surface area contributed by atoms with Gasteiger partial charge in [0.15, 0.2) is 5.82 Å². The highest BCUT2D eigenvalue weighted by molar-refractivity contribution is 5.91. The molecular formula is C20H19N3O2. The van der Waals surface area contributed by atoms with Crippen LogP contribution in [0.3, 0.4) is 0 Å². The summed E-state index contributed by atoms with van der Waals surface area (Å²) in [5.41, 5.74) is 4.07. The number of hydrogen-bond donors (Lipinski definition) is 1. The van der Waals surface area contributed by atoms with Crippen LogP contribution >= 0.6 is 0 Å². The lowest BCUT2D eigenvalue weighted by atomic mass is 10.1. The monoisotopic (exact) mass is 333 g/mol. The van der Waals surface area contributed by atoms with Gasteiger partial charge in [0.1, 0.15) is 0 Å². The lowest BCUT2D eigenvalue weighted by Gasteiger charge is -2.12. The van der Waals surface area contributed by atoms with Crippen LogP contribution in [0.2, 0.25) is 0 Å². The van der Waals surface area contributed by atoms with E-state index in [1.54, 1.807) is 24.4 Å². The summed E-state index contributed by atoms with van der Waals surface area (Å²) in [7, 11) is 4.00. The van der Waals surface area contributed by atoms with Gasteiger partial charge < -0.3 is 10.0 Å². The molecule has 1 aliphatic carbocycles. The van der Waals surface area contributed by atoms with Crippen molar-refractivity contribution in [2.45, 2.75) is 6.42 Å². The van der Waals surface area contributed by atoms with E-state index in [1.807, 2.05) is 55.4 Å². The molecule has 0 atom stereocenters. The van der Waals surface area contributed by atoms with Gasteiger partial charge in [-0.1, -0.05) is 30.4 Å². The first-order chi connectivity index (χ1) is 12.0. The van der Waals surface area contributed by atoms with E-state index < -0.39 is 5.97 Å². The molecule has 0 bridgehead atoms. The average Bonchev–Trinajstić information content (AvgIpc) is 2.88. The maximum absolute atomic E-state index is 11.1. The second-order valence-corrected chi connectivity index (χ2v) is 5.90. The van der Waals surface area contributed by atoms with Crippen LogP contribution < -0.4 is 4.90 Å². The van der Waals surface area contributed by atoms with Crippen molar-refractivity contribution in [2.75, 3.05) is 19.0 Å². The molecule has 5 heteroatoms. The highest BCUT2D eigenvalue weighted by Crippen LogP contribution is 2.23. The van der Waals surface area contributed by atoms with Crippen molar-refractivity contribution in [3.63, 3.8) is 0 Å². The number of carboxylic acids is 1. The fraction of sp³-hybridized carbons (Fsp3) is 0.150. The average molecular weight is 333 g/mol. The molecule has 0 unspecified atom stereocenters. The van der Waals surface area contributed by atoms with Gasteiger partial charge in [-0.25, -0.2) is 14.8 Å². The maximum atomic E-state index is 11.1. The van der Waals surface area contributed by atoms with Gasteiger partial charge in [0, 0.05) is 37.1 Å². The van der Waals surface area contributed by atoms with Crippen molar-refractivity contribution in [1.29, 1.82) is 0 Å². The molecule has 0 spiro atoms. The summed E-state index contributed by atoms with van der Waals surface area (Å²) >= 11 is 0. The summed E-state index contributed by atoms with van der Waals surface area (Å²) in [4.78, 5) is 22.1. The van der Waals surface area contributed by atoms with Gasteiger partial charge in [-0.2, -0.15) is 0 Å². The van der Waals surface area contributed by atoms with E-state index in [4.69, 9.17) is 5.11 Å². The zero-order valence-electron chi connectivity index (χ0n) is 14.2. The number of rotatable bonds is 4. The minimum absolute atomic E-state index is 0.279. The SMILES string of the molecule is CN(C)c1ccc(-c2ccnc(C3=CCC=C(C(=O)O)C=C3)n2)cc1. The van der Waals surface area contributed by atoms with Crippen molar-refractivity contribution in [1.82, 2.24) is 9.97 Å². The Hall–Kier alpha value is -3.21. The fourth-order valence-electron chi connectivity index (χ4n) is 2.54. The normalized spacial score (nSPS) is 13.7. The van der Waals surface area contributed by atoms with Crippen molar-refractivity contribution < 1.29 is 9.90 Å². The summed E-state index contributed by atoms with van der Waals surface area (Å²) < 4.78 is 0. The van der Waals surface area contributed by atoms with Crippen LogP contribution in [-0.2, 0) is 4.79 Å². The molecule has 1 aliphatic rings. The van der Waals surface area contributed by atoms with E-state index in [2.05, 4.69) is 9.97 Å². The van der Waals surface area contributed by atoms with Crippen LogP contribution in [-0.4, -0.2) is 35.1 Å². The summed E-state index contributed by atoms with van der Waals surface area (Å²) in [6.45, 7) is 0. The standard InChI is InChI=1S/C20H19N3O2/c1-23(2)17-10-8-14(9-11-17)18-12-13-21-19(22-18)15-4-3-5-16(7-6-15)20(24)25/h4-13H,3H2,1-2H3,(H,24,25). The van der Waals surface area contributed by atoms with Gasteiger partial charge in [0.25, 0.3) is 0 Å². The predicted octanol–water partition coefficient (Wildman–Crippen LogP) is 3.56. The van der Waals surface area contributed by atoms with Crippen molar-refractivity contribution in [2.24, 2.45) is 0 Å². The van der Waals surface area contributed by atoms with Gasteiger partial charge in [0.2, 0.25) is 0 Å². The van der Waals surface area contributed by atoms with Crippen molar-refractivity contribution in [3.05, 3.63) is 72.2 Å². The minimum atomic E-state index is -0.929. The van der Waals surface area contributed by atoms with E-state index in [0.717, 1.165) is 22.5 Å². The highest BCUT2D eigenvalue weighted by atomic mass is 16.4. The van der Waals surface area contributed by atoms with Gasteiger partial charge in [0.05, 0.1) is 11.3 Å². The molecular weight excluding hydrogens is 314 g/mol. The van der Waals surface area contributed by atoms with Gasteiger partial charge >= 0.3 is 5.97 Å². The summed E-state index contributed by atoms with van der Waals surface area (Å²) in [5, 5.41) is 9.10. The van der Waals surface area contributed by atoms with E-state index in [0.29, 0.717) is 12.2 Å². The molecule has 0 saturated carbocycles. The molecule has 1 aromatic carbocycles. The number of carboxylic acid groups (broad SMARTS) is 1. The Labute approximate surface area is 146 Å². The predicted molar refractivity (Wildman–Crippen MR) is 99.2 cm³/mol. The molecule has 126 valence electrons. The number of anilines is 1. The first kappa shape index (κ1) is 16.6. The topological polar surface area (TPSA) is 66.3 Å². The first-order valence-electron chi connectivity index (χ1n) is 7.97. The molecule has 1 aromatic heterocycles. The Morgan fingerprint density at radius 1 is 1.08 bits per heavy atom. The molecule has 5 nitrogen and oxygen atoms in total. The van der Waals surface area contributed by atoms with Gasteiger partial charge in [-0.15, -0.1) is 0 Å². The maximum Gasteiger partial charge on any atom is 0.335 e. The highest BCUT2D eigenvalue weighted by Gasteiger charge is 2.10. The summed E-state index contributed by atoms with van der Waals surface area (Å²) in [6, 6.07) is 10.0. The van der Waals surface area contributed by atoms with E-state index in [1.165, 1.54) is 0 Å². The summed E-state index contributed by atoms with van der Waals surface area (Å²) in [6.07, 6.45) is 9.21. The van der Waals surface area contributed by atoms with Crippen LogP contribution in [0.5, 0.6) is 0 Å². The molecule has 1 N–H and O–H groups in total. The van der Waals surface area contributed by atoms with Gasteiger partial charge in [-0.05, 0) is 30.7 Å².